The molecule has 2 aliphatic heterocycles. The number of halogens is 1. The summed E-state index contributed by atoms with van der Waals surface area (Å²) < 4.78 is 28.2. The Bertz CT molecular complexity index is 1540. The standard InChI is InChI=1S/C30H37FN7OP/c1-40(2,39)27-9-5-4-8-25(27)34-29-23-12-15-32-28(23)35-30(36-29)33-21-10-11-26(24(31)20-21)38-18-13-22(14-19-38)37-16-6-3-7-17-37/h4-5,8-12,15,20,22H,3,6-7,13-14,16-19H2,1-2H3,(H3,32,33,34,35,36). The van der Waals surface area contributed by atoms with Gasteiger partial charge in [0, 0.05) is 36.3 Å². The van der Waals surface area contributed by atoms with E-state index in [1.807, 2.05) is 42.5 Å². The van der Waals surface area contributed by atoms with E-state index in [-0.39, 0.29) is 5.82 Å². The van der Waals surface area contributed by atoms with Gasteiger partial charge in [-0.3, -0.25) is 0 Å². The number of aromatic amines is 1. The average Bonchev–Trinajstić information content (AvgIpc) is 3.43. The van der Waals surface area contributed by atoms with Crippen molar-refractivity contribution in [2.24, 2.45) is 0 Å². The smallest absolute Gasteiger partial charge is 0.231 e. The molecule has 40 heavy (non-hydrogen) atoms. The van der Waals surface area contributed by atoms with Crippen molar-refractivity contribution in [1.29, 1.82) is 0 Å². The molecule has 0 atom stereocenters. The lowest BCUT2D eigenvalue weighted by molar-refractivity contribution is 0.141. The van der Waals surface area contributed by atoms with Crippen LogP contribution in [-0.4, -0.2) is 65.4 Å². The van der Waals surface area contributed by atoms with Crippen LogP contribution >= 0.6 is 7.14 Å². The minimum Gasteiger partial charge on any atom is -0.369 e. The van der Waals surface area contributed by atoms with Crippen LogP contribution in [-0.2, 0) is 4.57 Å². The molecule has 2 aromatic carbocycles. The van der Waals surface area contributed by atoms with Gasteiger partial charge >= 0.3 is 0 Å². The second-order valence-corrected chi connectivity index (χ2v) is 14.4. The second kappa shape index (κ2) is 11.2. The number of para-hydroxylation sites is 1. The summed E-state index contributed by atoms with van der Waals surface area (Å²) in [7, 11) is -2.52. The molecule has 3 N–H and O–H groups in total. The van der Waals surface area contributed by atoms with Crippen molar-refractivity contribution in [2.75, 3.05) is 55.0 Å². The normalized spacial score (nSPS) is 17.3. The first-order valence-electron chi connectivity index (χ1n) is 14.2. The van der Waals surface area contributed by atoms with Gasteiger partial charge in [0.25, 0.3) is 0 Å². The molecule has 8 nitrogen and oxygen atoms in total. The maximum Gasteiger partial charge on any atom is 0.231 e. The fourth-order valence-corrected chi connectivity index (χ4v) is 7.15. The molecule has 4 aromatic rings. The number of anilines is 5. The Kier molecular flexibility index (Phi) is 7.51. The number of H-pyrrole nitrogens is 1. The highest BCUT2D eigenvalue weighted by atomic mass is 31.2. The molecule has 2 aromatic heterocycles. The van der Waals surface area contributed by atoms with Crippen LogP contribution in [0.4, 0.5) is 33.2 Å². The van der Waals surface area contributed by atoms with Crippen LogP contribution < -0.4 is 20.8 Å². The molecule has 2 aliphatic rings. The molecule has 6 rings (SSSR count). The van der Waals surface area contributed by atoms with Gasteiger partial charge in [-0.25, -0.2) is 4.39 Å². The average molecular weight is 562 g/mol. The highest BCUT2D eigenvalue weighted by molar-refractivity contribution is 7.70. The van der Waals surface area contributed by atoms with Crippen molar-refractivity contribution in [1.82, 2.24) is 19.9 Å². The molecule has 0 radical (unpaired) electrons. The van der Waals surface area contributed by atoms with Gasteiger partial charge < -0.3 is 30.0 Å². The van der Waals surface area contributed by atoms with Crippen molar-refractivity contribution in [2.45, 2.75) is 38.1 Å². The van der Waals surface area contributed by atoms with Crippen LogP contribution in [0.2, 0.25) is 0 Å². The van der Waals surface area contributed by atoms with Crippen LogP contribution in [0.3, 0.4) is 0 Å². The summed E-state index contributed by atoms with van der Waals surface area (Å²) in [6.45, 7) is 7.66. The third-order valence-electron chi connectivity index (χ3n) is 8.07. The van der Waals surface area contributed by atoms with Crippen LogP contribution in [0.25, 0.3) is 11.0 Å². The van der Waals surface area contributed by atoms with E-state index < -0.39 is 7.14 Å². The topological polar surface area (TPSA) is 89.2 Å². The molecule has 2 fully saturated rings. The number of piperidine rings is 2. The summed E-state index contributed by atoms with van der Waals surface area (Å²) in [5, 5.41) is 8.09. The van der Waals surface area contributed by atoms with E-state index >= 15 is 4.39 Å². The lowest BCUT2D eigenvalue weighted by Crippen LogP contribution is -2.46. The van der Waals surface area contributed by atoms with Gasteiger partial charge in [-0.05, 0) is 88.5 Å². The Balaban J connectivity index is 1.19. The first-order chi connectivity index (χ1) is 19.3. The molecule has 4 heterocycles. The van der Waals surface area contributed by atoms with E-state index in [2.05, 4.69) is 30.4 Å². The SMILES string of the molecule is CP(C)(=O)c1ccccc1Nc1nc(Nc2ccc(N3CCC(N4CCCCC4)CC3)c(F)c2)nc2[nH]ccc12. The van der Waals surface area contributed by atoms with Gasteiger partial charge in [0.05, 0.1) is 16.8 Å². The lowest BCUT2D eigenvalue weighted by Gasteiger charge is -2.41. The van der Waals surface area contributed by atoms with Crippen molar-refractivity contribution < 1.29 is 8.96 Å². The quantitative estimate of drug-likeness (QED) is 0.229. The van der Waals surface area contributed by atoms with E-state index in [1.54, 1.807) is 19.5 Å². The van der Waals surface area contributed by atoms with E-state index in [4.69, 9.17) is 4.98 Å². The van der Waals surface area contributed by atoms with Crippen LogP contribution in [0.5, 0.6) is 0 Å². The maximum absolute atomic E-state index is 15.3. The van der Waals surface area contributed by atoms with Crippen LogP contribution in [0.15, 0.2) is 54.7 Å². The van der Waals surface area contributed by atoms with Gasteiger partial charge in [0.2, 0.25) is 5.95 Å². The Hall–Kier alpha value is -3.42. The van der Waals surface area contributed by atoms with Crippen LogP contribution in [0, 0.1) is 5.82 Å². The van der Waals surface area contributed by atoms with Crippen molar-refractivity contribution in [3.63, 3.8) is 0 Å². The molecule has 0 spiro atoms. The number of nitrogens with zero attached hydrogens (tertiary/aromatic N) is 4. The summed E-state index contributed by atoms with van der Waals surface area (Å²) in [5.74, 6) is 0.653. The number of hydrogen-bond donors (Lipinski definition) is 3. The number of hydrogen-bond acceptors (Lipinski definition) is 7. The predicted molar refractivity (Wildman–Crippen MR) is 163 cm³/mol. The molecular formula is C30H37FN7OP. The molecule has 0 amide bonds. The molecule has 0 saturated carbocycles. The van der Waals surface area contributed by atoms with Crippen molar-refractivity contribution in [3.8, 4) is 0 Å². The predicted octanol–water partition coefficient (Wildman–Crippen LogP) is 6.29. The summed E-state index contributed by atoms with van der Waals surface area (Å²) in [6.07, 6.45) is 7.90. The Labute approximate surface area is 234 Å². The maximum atomic E-state index is 15.3. The van der Waals surface area contributed by atoms with E-state index in [1.165, 1.54) is 38.4 Å². The molecule has 210 valence electrons. The first-order valence-corrected chi connectivity index (χ1v) is 16.8. The highest BCUT2D eigenvalue weighted by Crippen LogP contribution is 2.39. The molecule has 10 heteroatoms. The Morgan fingerprint density at radius 3 is 2.48 bits per heavy atom. The van der Waals surface area contributed by atoms with Gasteiger partial charge in [-0.2, -0.15) is 9.97 Å². The number of likely N-dealkylation sites (tertiary alicyclic amines) is 1. The number of nitrogens with one attached hydrogen (secondary N) is 3. The third kappa shape index (κ3) is 5.72. The number of fused-ring (bicyclic) bond motifs is 1. The highest BCUT2D eigenvalue weighted by Gasteiger charge is 2.27. The monoisotopic (exact) mass is 561 g/mol. The molecule has 0 bridgehead atoms. The summed E-state index contributed by atoms with van der Waals surface area (Å²) in [5.41, 5.74) is 2.60. The van der Waals surface area contributed by atoms with Gasteiger partial charge in [-0.1, -0.05) is 18.6 Å². The number of aromatic nitrogens is 3. The number of rotatable bonds is 7. The van der Waals surface area contributed by atoms with Crippen LogP contribution in [0.1, 0.15) is 32.1 Å². The molecule has 0 unspecified atom stereocenters. The van der Waals surface area contributed by atoms with E-state index in [0.29, 0.717) is 34.8 Å². The zero-order valence-electron chi connectivity index (χ0n) is 23.2. The first kappa shape index (κ1) is 26.8. The zero-order chi connectivity index (χ0) is 27.7. The van der Waals surface area contributed by atoms with Crippen molar-refractivity contribution >= 4 is 52.3 Å². The summed E-state index contributed by atoms with van der Waals surface area (Å²) in [4.78, 5) is 17.2. The Morgan fingerprint density at radius 1 is 0.950 bits per heavy atom. The summed E-state index contributed by atoms with van der Waals surface area (Å²) >= 11 is 0. The molecular weight excluding hydrogens is 524 g/mol. The minimum absolute atomic E-state index is 0.253. The van der Waals surface area contributed by atoms with E-state index in [9.17, 15) is 4.57 Å². The molecule has 0 aliphatic carbocycles. The van der Waals surface area contributed by atoms with Gasteiger partial charge in [-0.15, -0.1) is 0 Å². The fourth-order valence-electron chi connectivity index (χ4n) is 5.99. The summed E-state index contributed by atoms with van der Waals surface area (Å²) in [6, 6.07) is 15.3. The largest absolute Gasteiger partial charge is 0.369 e. The van der Waals surface area contributed by atoms with Gasteiger partial charge in [0.15, 0.2) is 0 Å². The third-order valence-corrected chi connectivity index (χ3v) is 9.62. The minimum atomic E-state index is -2.52. The second-order valence-electron chi connectivity index (χ2n) is 11.2. The fraction of sp³-hybridized carbons (Fsp3) is 0.400. The zero-order valence-corrected chi connectivity index (χ0v) is 24.1. The van der Waals surface area contributed by atoms with Crippen molar-refractivity contribution in [3.05, 3.63) is 60.5 Å². The lowest BCUT2D eigenvalue weighted by atomic mass is 9.99. The van der Waals surface area contributed by atoms with E-state index in [0.717, 1.165) is 42.3 Å². The van der Waals surface area contributed by atoms with Gasteiger partial charge in [0.1, 0.15) is 24.4 Å². The number of benzene rings is 2. The Morgan fingerprint density at radius 2 is 1.73 bits per heavy atom. The molecule has 2 saturated heterocycles.